The molecule has 0 aromatic heterocycles. The van der Waals surface area contributed by atoms with E-state index < -0.39 is 0 Å². The van der Waals surface area contributed by atoms with E-state index in [0.717, 1.165) is 38.0 Å². The number of rotatable bonds is 7. The summed E-state index contributed by atoms with van der Waals surface area (Å²) in [5.74, 6) is 0.591. The Labute approximate surface area is 209 Å². The van der Waals surface area contributed by atoms with E-state index in [1.165, 1.54) is 11.1 Å². The van der Waals surface area contributed by atoms with Gasteiger partial charge in [0.25, 0.3) is 0 Å². The Morgan fingerprint density at radius 3 is 2.56 bits per heavy atom. The number of piperidine rings is 1. The van der Waals surface area contributed by atoms with E-state index in [0.29, 0.717) is 18.0 Å². The molecule has 2 unspecified atom stereocenters. The van der Waals surface area contributed by atoms with Crippen LogP contribution in [0.5, 0.6) is 0 Å². The lowest BCUT2D eigenvalue weighted by atomic mass is 9.97. The lowest BCUT2D eigenvalue weighted by molar-refractivity contribution is -0.115. The molecule has 1 saturated heterocycles. The highest BCUT2D eigenvalue weighted by Gasteiger charge is 2.26. The van der Waals surface area contributed by atoms with Gasteiger partial charge >= 0.3 is 0 Å². The van der Waals surface area contributed by atoms with E-state index in [9.17, 15) is 4.79 Å². The van der Waals surface area contributed by atoms with Crippen LogP contribution in [0.3, 0.4) is 0 Å². The maximum atomic E-state index is 12.3. The lowest BCUT2D eigenvalue weighted by Crippen LogP contribution is -2.52. The number of anilines is 1. The quantitative estimate of drug-likeness (QED) is 0.277. The third-order valence-corrected chi connectivity index (χ3v) is 5.84. The Hall–Kier alpha value is -2.13. The summed E-state index contributed by atoms with van der Waals surface area (Å²) < 4.78 is 0. The van der Waals surface area contributed by atoms with Gasteiger partial charge in [0, 0.05) is 37.9 Å². The number of aliphatic imine (C=N–C) groups is 1. The van der Waals surface area contributed by atoms with E-state index >= 15 is 0 Å². The van der Waals surface area contributed by atoms with Crippen LogP contribution in [0.25, 0.3) is 0 Å². The number of likely N-dealkylation sites (tertiary alicyclic amines) is 1. The van der Waals surface area contributed by atoms with Crippen molar-refractivity contribution in [2.45, 2.75) is 51.7 Å². The van der Waals surface area contributed by atoms with Crippen molar-refractivity contribution < 1.29 is 4.79 Å². The minimum absolute atomic E-state index is 0. The number of amides is 1. The van der Waals surface area contributed by atoms with Crippen LogP contribution in [0.15, 0.2) is 59.6 Å². The largest absolute Gasteiger partial charge is 0.354 e. The number of halogens is 1. The summed E-state index contributed by atoms with van der Waals surface area (Å²) in [6, 6.07) is 19.4. The van der Waals surface area contributed by atoms with Crippen LogP contribution in [0.2, 0.25) is 0 Å². The second-order valence-corrected chi connectivity index (χ2v) is 8.20. The topological polar surface area (TPSA) is 68.8 Å². The molecule has 1 heterocycles. The summed E-state index contributed by atoms with van der Waals surface area (Å²) >= 11 is 0. The van der Waals surface area contributed by atoms with Crippen LogP contribution in [0, 0.1) is 0 Å². The average Bonchev–Trinajstić information content (AvgIpc) is 2.79. The van der Waals surface area contributed by atoms with Crippen molar-refractivity contribution in [2.24, 2.45) is 4.99 Å². The van der Waals surface area contributed by atoms with Gasteiger partial charge in [-0.25, -0.2) is 0 Å². The van der Waals surface area contributed by atoms with Crippen LogP contribution in [-0.4, -0.2) is 49.0 Å². The number of nitrogens with zero attached hydrogens (tertiary/aromatic N) is 2. The molecule has 174 valence electrons. The minimum atomic E-state index is -0.0812. The molecule has 32 heavy (non-hydrogen) atoms. The molecule has 0 aliphatic carbocycles. The molecule has 2 atom stereocenters. The average molecular weight is 550 g/mol. The summed E-state index contributed by atoms with van der Waals surface area (Å²) in [7, 11) is 1.74. The first-order valence-corrected chi connectivity index (χ1v) is 11.2. The van der Waals surface area contributed by atoms with Crippen molar-refractivity contribution in [1.29, 1.82) is 0 Å². The van der Waals surface area contributed by atoms with Gasteiger partial charge in [-0.15, -0.1) is 24.0 Å². The lowest BCUT2D eigenvalue weighted by Gasteiger charge is -2.38. The standard InChI is InChI=1S/C25H35N5O.HI/c1-4-20-11-8-12-22(16-20)28-24(31)17-27-25(26-3)29-23-13-14-30(19(2)15-23)18-21-9-6-5-7-10-21;/h5-12,16,19,23H,4,13-15,17-18H2,1-3H3,(H,28,31)(H2,26,27,29);1H. The van der Waals surface area contributed by atoms with Gasteiger partial charge in [0.05, 0.1) is 6.54 Å². The highest BCUT2D eigenvalue weighted by Crippen LogP contribution is 2.20. The Kier molecular flexibility index (Phi) is 11.0. The van der Waals surface area contributed by atoms with Gasteiger partial charge in [-0.05, 0) is 49.4 Å². The van der Waals surface area contributed by atoms with Crippen molar-refractivity contribution >= 4 is 41.5 Å². The molecule has 3 rings (SSSR count). The molecule has 1 aliphatic rings. The Balaban J connectivity index is 0.00000363. The van der Waals surface area contributed by atoms with E-state index in [-0.39, 0.29) is 36.4 Å². The van der Waals surface area contributed by atoms with Crippen molar-refractivity contribution in [3.8, 4) is 0 Å². The first-order chi connectivity index (χ1) is 15.1. The normalized spacial score (nSPS) is 19.0. The van der Waals surface area contributed by atoms with Crippen LogP contribution >= 0.6 is 24.0 Å². The fourth-order valence-electron chi connectivity index (χ4n) is 4.03. The minimum Gasteiger partial charge on any atom is -0.354 e. The summed E-state index contributed by atoms with van der Waals surface area (Å²) in [5.41, 5.74) is 3.39. The molecular formula is C25H36IN5O. The fourth-order valence-corrected chi connectivity index (χ4v) is 4.03. The molecule has 0 radical (unpaired) electrons. The van der Waals surface area contributed by atoms with Gasteiger partial charge in [0.1, 0.15) is 0 Å². The van der Waals surface area contributed by atoms with E-state index in [1.807, 2.05) is 18.2 Å². The van der Waals surface area contributed by atoms with E-state index in [1.54, 1.807) is 7.05 Å². The first-order valence-electron chi connectivity index (χ1n) is 11.2. The number of carbonyl (C=O) groups excluding carboxylic acids is 1. The second kappa shape index (κ2) is 13.4. The number of benzene rings is 2. The molecule has 3 N–H and O–H groups in total. The predicted octanol–water partition coefficient (Wildman–Crippen LogP) is 4.02. The molecule has 1 amide bonds. The zero-order chi connectivity index (χ0) is 22.1. The third kappa shape index (κ3) is 8.09. The Morgan fingerprint density at radius 1 is 1.12 bits per heavy atom. The van der Waals surface area contributed by atoms with Crippen LogP contribution in [0.4, 0.5) is 5.69 Å². The summed E-state index contributed by atoms with van der Waals surface area (Å²) in [4.78, 5) is 19.2. The zero-order valence-corrected chi connectivity index (χ0v) is 21.6. The molecule has 1 aliphatic heterocycles. The maximum Gasteiger partial charge on any atom is 0.243 e. The van der Waals surface area contributed by atoms with Gasteiger partial charge in [-0.1, -0.05) is 49.4 Å². The Bertz CT molecular complexity index is 874. The van der Waals surface area contributed by atoms with Gasteiger partial charge in [0.2, 0.25) is 5.91 Å². The molecule has 6 nitrogen and oxygen atoms in total. The second-order valence-electron chi connectivity index (χ2n) is 8.20. The number of hydrogen-bond donors (Lipinski definition) is 3. The first kappa shape index (κ1) is 26.1. The molecule has 2 aromatic rings. The molecule has 1 fully saturated rings. The van der Waals surface area contributed by atoms with Crippen molar-refractivity contribution in [1.82, 2.24) is 15.5 Å². The highest BCUT2D eigenvalue weighted by molar-refractivity contribution is 14.0. The number of guanidine groups is 1. The Morgan fingerprint density at radius 2 is 1.88 bits per heavy atom. The maximum absolute atomic E-state index is 12.3. The van der Waals surface area contributed by atoms with Crippen LogP contribution < -0.4 is 16.0 Å². The highest BCUT2D eigenvalue weighted by atomic mass is 127. The number of hydrogen-bond acceptors (Lipinski definition) is 3. The van der Waals surface area contributed by atoms with E-state index in [2.05, 4.69) is 76.1 Å². The van der Waals surface area contributed by atoms with Gasteiger partial charge < -0.3 is 16.0 Å². The molecule has 7 heteroatoms. The fraction of sp³-hybridized carbons (Fsp3) is 0.440. The number of carbonyl (C=O) groups is 1. The smallest absolute Gasteiger partial charge is 0.243 e. The SMILES string of the molecule is CCc1cccc(NC(=O)CNC(=NC)NC2CCN(Cc3ccccc3)C(C)C2)c1.I. The number of aryl methyl sites for hydroxylation is 1. The zero-order valence-electron chi connectivity index (χ0n) is 19.3. The van der Waals surface area contributed by atoms with Gasteiger partial charge in [-0.2, -0.15) is 0 Å². The van der Waals surface area contributed by atoms with Crippen LogP contribution in [0.1, 0.15) is 37.8 Å². The molecule has 2 aromatic carbocycles. The predicted molar refractivity (Wildman–Crippen MR) is 144 cm³/mol. The third-order valence-electron chi connectivity index (χ3n) is 5.84. The van der Waals surface area contributed by atoms with Crippen LogP contribution in [-0.2, 0) is 17.8 Å². The van der Waals surface area contributed by atoms with E-state index in [4.69, 9.17) is 0 Å². The summed E-state index contributed by atoms with van der Waals surface area (Å²) in [6.07, 6.45) is 3.04. The molecule has 0 spiro atoms. The van der Waals surface area contributed by atoms with Crippen molar-refractivity contribution in [3.63, 3.8) is 0 Å². The molecule has 0 saturated carbocycles. The molecule has 0 bridgehead atoms. The molecular weight excluding hydrogens is 513 g/mol. The van der Waals surface area contributed by atoms with Gasteiger partial charge in [0.15, 0.2) is 5.96 Å². The van der Waals surface area contributed by atoms with Crippen molar-refractivity contribution in [2.75, 3.05) is 25.5 Å². The van der Waals surface area contributed by atoms with Gasteiger partial charge in [-0.3, -0.25) is 14.7 Å². The summed E-state index contributed by atoms with van der Waals surface area (Å²) in [6.45, 7) is 6.59. The summed E-state index contributed by atoms with van der Waals surface area (Å²) in [5, 5.41) is 9.58. The monoisotopic (exact) mass is 549 g/mol. The number of nitrogens with one attached hydrogen (secondary N) is 3. The van der Waals surface area contributed by atoms with Crippen molar-refractivity contribution in [3.05, 3.63) is 65.7 Å².